The third-order valence-electron chi connectivity index (χ3n) is 12.2. The fourth-order valence-corrected chi connectivity index (χ4v) is 9.24. The van der Waals surface area contributed by atoms with E-state index >= 15 is 0 Å². The fourth-order valence-electron chi connectivity index (χ4n) is 9.24. The monoisotopic (exact) mass is 790 g/mol. The topological polar surface area (TPSA) is 35.6 Å². The quantitative estimate of drug-likeness (QED) is 0.161. The van der Waals surface area contributed by atoms with E-state index in [9.17, 15) is 0 Å². The molecule has 4 nitrogen and oxygen atoms in total. The molecule has 0 bridgehead atoms. The minimum absolute atomic E-state index is 0.638. The Labute approximate surface area is 359 Å². The van der Waals surface area contributed by atoms with Gasteiger partial charge in [-0.3, -0.25) is 4.57 Å². The Kier molecular flexibility index (Phi) is 8.46. The standard InChI is InChI=1S/C58H38N4/c1-4-15-39(16-5-1)45-34-46(40-17-6-2-7-18-40)36-47(35-45)41-19-14-20-44(33-41)53-31-32-59-58(60-53)62-55-26-13-11-24-50(55)52-38-43(28-30-57(52)62)42-27-29-56-51(37-42)49-23-10-12-25-54(49)61(56)48-21-8-3-9-22-48/h1-38H. The van der Waals surface area contributed by atoms with Gasteiger partial charge in [-0.2, -0.15) is 0 Å². The summed E-state index contributed by atoms with van der Waals surface area (Å²) in [4.78, 5) is 10.2. The summed E-state index contributed by atoms with van der Waals surface area (Å²) in [6, 6.07) is 80.3. The van der Waals surface area contributed by atoms with E-state index in [1.807, 2.05) is 12.3 Å². The second-order valence-electron chi connectivity index (χ2n) is 15.9. The van der Waals surface area contributed by atoms with E-state index in [-0.39, 0.29) is 0 Å². The lowest BCUT2D eigenvalue weighted by Gasteiger charge is -2.13. The van der Waals surface area contributed by atoms with Gasteiger partial charge < -0.3 is 4.57 Å². The Balaban J connectivity index is 0.945. The van der Waals surface area contributed by atoms with Crippen LogP contribution in [0.15, 0.2) is 231 Å². The zero-order valence-electron chi connectivity index (χ0n) is 33.7. The molecule has 4 heteroatoms. The average molecular weight is 791 g/mol. The molecular weight excluding hydrogens is 753 g/mol. The Morgan fingerprint density at radius 1 is 0.274 bits per heavy atom. The minimum atomic E-state index is 0.638. The molecule has 0 saturated carbocycles. The van der Waals surface area contributed by atoms with Gasteiger partial charge in [0.15, 0.2) is 0 Å². The highest BCUT2D eigenvalue weighted by Crippen LogP contribution is 2.39. The van der Waals surface area contributed by atoms with Gasteiger partial charge in [-0.25, -0.2) is 9.97 Å². The van der Waals surface area contributed by atoms with Crippen molar-refractivity contribution in [2.75, 3.05) is 0 Å². The van der Waals surface area contributed by atoms with Crippen molar-refractivity contribution in [3.8, 4) is 67.4 Å². The summed E-state index contributed by atoms with van der Waals surface area (Å²) in [6.07, 6.45) is 1.88. The lowest BCUT2D eigenvalue weighted by molar-refractivity contribution is 0.992. The van der Waals surface area contributed by atoms with Crippen molar-refractivity contribution in [1.29, 1.82) is 0 Å². The van der Waals surface area contributed by atoms with Crippen LogP contribution in [0.1, 0.15) is 0 Å². The molecule has 0 N–H and O–H groups in total. The summed E-state index contributed by atoms with van der Waals surface area (Å²) in [5.74, 6) is 0.638. The molecule has 0 radical (unpaired) electrons. The van der Waals surface area contributed by atoms with Crippen molar-refractivity contribution in [3.05, 3.63) is 231 Å². The van der Waals surface area contributed by atoms with Crippen LogP contribution >= 0.6 is 0 Å². The zero-order chi connectivity index (χ0) is 41.0. The van der Waals surface area contributed by atoms with Crippen LogP contribution < -0.4 is 0 Å². The molecular formula is C58H38N4. The van der Waals surface area contributed by atoms with Gasteiger partial charge in [-0.15, -0.1) is 0 Å². The van der Waals surface area contributed by atoms with Gasteiger partial charge in [0.1, 0.15) is 0 Å². The number of hydrogen-bond acceptors (Lipinski definition) is 2. The predicted molar refractivity (Wildman–Crippen MR) is 258 cm³/mol. The van der Waals surface area contributed by atoms with Crippen molar-refractivity contribution in [2.45, 2.75) is 0 Å². The molecule has 9 aromatic carbocycles. The number of para-hydroxylation sites is 3. The largest absolute Gasteiger partial charge is 0.309 e. The van der Waals surface area contributed by atoms with Gasteiger partial charge in [0, 0.05) is 39.0 Å². The van der Waals surface area contributed by atoms with Crippen molar-refractivity contribution < 1.29 is 0 Å². The second-order valence-corrected chi connectivity index (χ2v) is 15.9. The summed E-state index contributed by atoms with van der Waals surface area (Å²) in [5, 5.41) is 4.80. The number of benzene rings is 9. The van der Waals surface area contributed by atoms with E-state index in [1.165, 1.54) is 49.6 Å². The van der Waals surface area contributed by atoms with Crippen molar-refractivity contribution >= 4 is 43.6 Å². The van der Waals surface area contributed by atoms with Gasteiger partial charge in [0.2, 0.25) is 5.95 Å². The molecule has 0 atom stereocenters. The molecule has 0 saturated heterocycles. The SMILES string of the molecule is c1ccc(-c2cc(-c3ccccc3)cc(-c3cccc(-c4ccnc(-n5c6ccccc6c6cc(-c7ccc8c(c7)c7ccccc7n8-c7ccccc7)ccc65)n4)c3)c2)cc1. The minimum Gasteiger partial charge on any atom is -0.309 e. The number of aromatic nitrogens is 4. The number of hydrogen-bond donors (Lipinski definition) is 0. The first-order chi connectivity index (χ1) is 30.7. The molecule has 0 spiro atoms. The highest BCUT2D eigenvalue weighted by molar-refractivity contribution is 6.12. The van der Waals surface area contributed by atoms with Gasteiger partial charge in [-0.1, -0.05) is 146 Å². The lowest BCUT2D eigenvalue weighted by Crippen LogP contribution is -2.01. The molecule has 3 heterocycles. The number of fused-ring (bicyclic) bond motifs is 6. The van der Waals surface area contributed by atoms with Crippen molar-refractivity contribution in [3.63, 3.8) is 0 Å². The molecule has 0 aliphatic heterocycles. The van der Waals surface area contributed by atoms with Crippen LogP contribution in [0.2, 0.25) is 0 Å². The Morgan fingerprint density at radius 3 is 1.32 bits per heavy atom. The molecule has 0 fully saturated rings. The second kappa shape index (κ2) is 14.7. The third-order valence-corrected chi connectivity index (χ3v) is 12.2. The summed E-state index contributed by atoms with van der Waals surface area (Å²) in [7, 11) is 0. The molecule has 0 aliphatic carbocycles. The van der Waals surface area contributed by atoms with Crippen LogP contribution in [0, 0.1) is 0 Å². The number of nitrogens with zero attached hydrogens (tertiary/aromatic N) is 4. The van der Waals surface area contributed by atoms with Gasteiger partial charge >= 0.3 is 0 Å². The van der Waals surface area contributed by atoms with E-state index < -0.39 is 0 Å². The highest BCUT2D eigenvalue weighted by atomic mass is 15.2. The van der Waals surface area contributed by atoms with Crippen LogP contribution in [-0.4, -0.2) is 19.1 Å². The molecule has 12 aromatic rings. The van der Waals surface area contributed by atoms with E-state index in [0.29, 0.717) is 5.95 Å². The normalized spacial score (nSPS) is 11.5. The van der Waals surface area contributed by atoms with Gasteiger partial charge in [0.05, 0.1) is 27.8 Å². The van der Waals surface area contributed by atoms with Crippen LogP contribution in [0.3, 0.4) is 0 Å². The Morgan fingerprint density at radius 2 is 0.710 bits per heavy atom. The van der Waals surface area contributed by atoms with Crippen LogP contribution in [-0.2, 0) is 0 Å². The summed E-state index contributed by atoms with van der Waals surface area (Å²) < 4.78 is 4.56. The van der Waals surface area contributed by atoms with Crippen LogP contribution in [0.5, 0.6) is 0 Å². The van der Waals surface area contributed by atoms with Crippen molar-refractivity contribution in [1.82, 2.24) is 19.1 Å². The fraction of sp³-hybridized carbons (Fsp3) is 0. The molecule has 0 aliphatic rings. The first-order valence-corrected chi connectivity index (χ1v) is 21.1. The smallest absolute Gasteiger partial charge is 0.235 e. The zero-order valence-corrected chi connectivity index (χ0v) is 33.7. The Hall–Kier alpha value is -8.34. The molecule has 62 heavy (non-hydrogen) atoms. The summed E-state index contributed by atoms with van der Waals surface area (Å²) in [6.45, 7) is 0. The average Bonchev–Trinajstić information content (AvgIpc) is 3.87. The van der Waals surface area contributed by atoms with E-state index in [0.717, 1.165) is 55.4 Å². The molecule has 3 aromatic heterocycles. The predicted octanol–water partition coefficient (Wildman–Crippen LogP) is 15.0. The third kappa shape index (κ3) is 6.08. The van der Waals surface area contributed by atoms with E-state index in [2.05, 4.69) is 228 Å². The maximum absolute atomic E-state index is 5.27. The van der Waals surface area contributed by atoms with E-state index in [1.54, 1.807) is 0 Å². The lowest BCUT2D eigenvalue weighted by atomic mass is 9.92. The molecule has 12 rings (SSSR count). The van der Waals surface area contributed by atoms with Crippen molar-refractivity contribution in [2.24, 2.45) is 0 Å². The molecule has 290 valence electrons. The Bertz CT molecular complexity index is 3560. The highest BCUT2D eigenvalue weighted by Gasteiger charge is 2.18. The van der Waals surface area contributed by atoms with E-state index in [4.69, 9.17) is 9.97 Å². The molecule has 0 unspecified atom stereocenters. The van der Waals surface area contributed by atoms with Gasteiger partial charge in [0.25, 0.3) is 0 Å². The van der Waals surface area contributed by atoms with Crippen LogP contribution in [0.4, 0.5) is 0 Å². The molecule has 0 amide bonds. The summed E-state index contributed by atoms with van der Waals surface area (Å²) in [5.41, 5.74) is 17.0. The maximum Gasteiger partial charge on any atom is 0.235 e. The summed E-state index contributed by atoms with van der Waals surface area (Å²) >= 11 is 0. The number of rotatable bonds is 7. The van der Waals surface area contributed by atoms with Crippen LogP contribution in [0.25, 0.3) is 111 Å². The first kappa shape index (κ1) is 35.6. The maximum atomic E-state index is 5.27. The van der Waals surface area contributed by atoms with Gasteiger partial charge in [-0.05, 0) is 123 Å². The first-order valence-electron chi connectivity index (χ1n) is 21.1.